The van der Waals surface area contributed by atoms with Gasteiger partial charge in [-0.25, -0.2) is 4.98 Å². The van der Waals surface area contributed by atoms with Crippen LogP contribution in [0, 0.1) is 16.0 Å². The summed E-state index contributed by atoms with van der Waals surface area (Å²) in [5, 5.41) is 22.6. The van der Waals surface area contributed by atoms with E-state index in [2.05, 4.69) is 10.3 Å². The summed E-state index contributed by atoms with van der Waals surface area (Å²) in [6.45, 7) is 3.74. The number of hydrogen-bond acceptors (Lipinski definition) is 6. The Bertz CT molecular complexity index is 411. The van der Waals surface area contributed by atoms with E-state index in [4.69, 9.17) is 10.8 Å². The molecule has 1 aromatic rings. The van der Waals surface area contributed by atoms with Gasteiger partial charge in [-0.05, 0) is 12.8 Å². The number of aromatic nitrogens is 1. The van der Waals surface area contributed by atoms with Crippen LogP contribution in [0.5, 0.6) is 0 Å². The first-order valence-corrected chi connectivity index (χ1v) is 5.23. The summed E-state index contributed by atoms with van der Waals surface area (Å²) in [6, 6.07) is 2.45. The second kappa shape index (κ2) is 5.44. The molecular weight excluding hydrogens is 224 g/mol. The van der Waals surface area contributed by atoms with Gasteiger partial charge in [-0.3, -0.25) is 10.1 Å². The first-order valence-electron chi connectivity index (χ1n) is 5.23. The SMILES string of the molecule is CC(CO)C(C)Nc1cc([N+](=O)[O-])cc(N)n1. The van der Waals surface area contributed by atoms with E-state index >= 15 is 0 Å². The van der Waals surface area contributed by atoms with Crippen LogP contribution in [0.1, 0.15) is 13.8 Å². The number of nitrogens with zero attached hydrogens (tertiary/aromatic N) is 2. The second-order valence-electron chi connectivity index (χ2n) is 3.99. The van der Waals surface area contributed by atoms with Crippen molar-refractivity contribution in [2.45, 2.75) is 19.9 Å². The Morgan fingerprint density at radius 3 is 2.76 bits per heavy atom. The Hall–Kier alpha value is -1.89. The number of aliphatic hydroxyl groups is 1. The maximum atomic E-state index is 10.6. The fourth-order valence-corrected chi connectivity index (χ4v) is 1.25. The molecule has 7 nitrogen and oxygen atoms in total. The van der Waals surface area contributed by atoms with Gasteiger partial charge >= 0.3 is 0 Å². The number of pyridine rings is 1. The molecule has 0 saturated carbocycles. The third-order valence-electron chi connectivity index (χ3n) is 2.56. The van der Waals surface area contributed by atoms with Crippen molar-refractivity contribution in [2.75, 3.05) is 17.7 Å². The highest BCUT2D eigenvalue weighted by Crippen LogP contribution is 2.20. The molecule has 0 spiro atoms. The highest BCUT2D eigenvalue weighted by atomic mass is 16.6. The molecule has 0 aliphatic heterocycles. The van der Waals surface area contributed by atoms with E-state index in [1.54, 1.807) is 0 Å². The summed E-state index contributed by atoms with van der Waals surface area (Å²) in [4.78, 5) is 14.1. The molecule has 94 valence electrons. The number of nitro groups is 1. The topological polar surface area (TPSA) is 114 Å². The molecule has 7 heteroatoms. The van der Waals surface area contributed by atoms with Crippen LogP contribution in [0.4, 0.5) is 17.3 Å². The molecule has 0 aliphatic carbocycles. The average Bonchev–Trinajstić information content (AvgIpc) is 2.26. The van der Waals surface area contributed by atoms with Gasteiger partial charge < -0.3 is 16.2 Å². The summed E-state index contributed by atoms with van der Waals surface area (Å²) in [7, 11) is 0. The number of anilines is 2. The molecule has 1 aromatic heterocycles. The first-order chi connectivity index (χ1) is 7.93. The number of nitrogens with one attached hydrogen (secondary N) is 1. The van der Waals surface area contributed by atoms with Gasteiger partial charge in [-0.15, -0.1) is 0 Å². The lowest BCUT2D eigenvalue weighted by atomic mass is 10.1. The van der Waals surface area contributed by atoms with Crippen LogP contribution >= 0.6 is 0 Å². The zero-order chi connectivity index (χ0) is 13.0. The molecule has 0 fully saturated rings. The molecule has 0 radical (unpaired) electrons. The van der Waals surface area contributed by atoms with E-state index in [0.717, 1.165) is 0 Å². The molecule has 2 atom stereocenters. The standard InChI is InChI=1S/C10H16N4O3/c1-6(5-15)7(2)12-10-4-8(14(16)17)3-9(11)13-10/h3-4,6-7,15H,5H2,1-2H3,(H3,11,12,13). The van der Waals surface area contributed by atoms with Crippen LogP contribution in [0.15, 0.2) is 12.1 Å². The fourth-order valence-electron chi connectivity index (χ4n) is 1.25. The summed E-state index contributed by atoms with van der Waals surface area (Å²) < 4.78 is 0. The largest absolute Gasteiger partial charge is 0.396 e. The van der Waals surface area contributed by atoms with Crippen LogP contribution in [-0.2, 0) is 0 Å². The average molecular weight is 240 g/mol. The van der Waals surface area contributed by atoms with E-state index in [1.807, 2.05) is 13.8 Å². The van der Waals surface area contributed by atoms with Crippen molar-refractivity contribution in [2.24, 2.45) is 5.92 Å². The van der Waals surface area contributed by atoms with Crippen molar-refractivity contribution < 1.29 is 10.0 Å². The lowest BCUT2D eigenvalue weighted by Crippen LogP contribution is -2.26. The molecule has 0 amide bonds. The van der Waals surface area contributed by atoms with Crippen molar-refractivity contribution in [3.05, 3.63) is 22.2 Å². The molecule has 0 aromatic carbocycles. The maximum Gasteiger partial charge on any atom is 0.276 e. The summed E-state index contributed by atoms with van der Waals surface area (Å²) >= 11 is 0. The normalized spacial score (nSPS) is 14.1. The molecule has 0 aliphatic rings. The van der Waals surface area contributed by atoms with Gasteiger partial charge in [0.15, 0.2) is 0 Å². The minimum absolute atomic E-state index is 0.0114. The first kappa shape index (κ1) is 13.2. The Labute approximate surface area is 98.8 Å². The Kier molecular flexibility index (Phi) is 4.22. The zero-order valence-electron chi connectivity index (χ0n) is 9.75. The van der Waals surface area contributed by atoms with Crippen LogP contribution in [0.2, 0.25) is 0 Å². The number of aliphatic hydroxyl groups excluding tert-OH is 1. The fraction of sp³-hybridized carbons (Fsp3) is 0.500. The van der Waals surface area contributed by atoms with Gasteiger partial charge in [0.1, 0.15) is 11.6 Å². The molecule has 0 saturated heterocycles. The van der Waals surface area contributed by atoms with Crippen molar-refractivity contribution in [3.8, 4) is 0 Å². The molecular formula is C10H16N4O3. The highest BCUT2D eigenvalue weighted by molar-refractivity contribution is 5.53. The van der Waals surface area contributed by atoms with Crippen LogP contribution in [0.25, 0.3) is 0 Å². The Morgan fingerprint density at radius 2 is 2.24 bits per heavy atom. The van der Waals surface area contributed by atoms with E-state index in [9.17, 15) is 10.1 Å². The van der Waals surface area contributed by atoms with Crippen LogP contribution < -0.4 is 11.1 Å². The van der Waals surface area contributed by atoms with Crippen molar-refractivity contribution in [1.82, 2.24) is 4.98 Å². The predicted molar refractivity (Wildman–Crippen MR) is 64.6 cm³/mol. The lowest BCUT2D eigenvalue weighted by molar-refractivity contribution is -0.384. The molecule has 0 bridgehead atoms. The van der Waals surface area contributed by atoms with Crippen molar-refractivity contribution >= 4 is 17.3 Å². The van der Waals surface area contributed by atoms with Crippen LogP contribution in [0.3, 0.4) is 0 Å². The highest BCUT2D eigenvalue weighted by Gasteiger charge is 2.14. The summed E-state index contributed by atoms with van der Waals surface area (Å²) in [5.74, 6) is 0.437. The molecule has 17 heavy (non-hydrogen) atoms. The minimum atomic E-state index is -0.524. The van der Waals surface area contributed by atoms with Gasteiger partial charge in [0.25, 0.3) is 5.69 Å². The Balaban J connectivity index is 2.87. The van der Waals surface area contributed by atoms with Gasteiger partial charge in [-0.2, -0.15) is 0 Å². The van der Waals surface area contributed by atoms with E-state index in [0.29, 0.717) is 5.82 Å². The van der Waals surface area contributed by atoms with Crippen LogP contribution in [-0.4, -0.2) is 27.7 Å². The van der Waals surface area contributed by atoms with Gasteiger partial charge in [0.05, 0.1) is 17.1 Å². The van der Waals surface area contributed by atoms with E-state index < -0.39 is 4.92 Å². The third-order valence-corrected chi connectivity index (χ3v) is 2.56. The van der Waals surface area contributed by atoms with Gasteiger partial charge in [-0.1, -0.05) is 6.92 Å². The monoisotopic (exact) mass is 240 g/mol. The van der Waals surface area contributed by atoms with Crippen molar-refractivity contribution in [3.63, 3.8) is 0 Å². The number of nitrogens with two attached hydrogens (primary N) is 1. The lowest BCUT2D eigenvalue weighted by Gasteiger charge is -2.19. The quantitative estimate of drug-likeness (QED) is 0.522. The minimum Gasteiger partial charge on any atom is -0.396 e. The Morgan fingerprint density at radius 1 is 1.59 bits per heavy atom. The molecule has 1 rings (SSSR count). The number of nitrogen functional groups attached to an aromatic ring is 1. The third kappa shape index (κ3) is 3.56. The second-order valence-corrected chi connectivity index (χ2v) is 3.99. The number of rotatable bonds is 5. The molecule has 1 heterocycles. The number of hydrogen-bond donors (Lipinski definition) is 3. The van der Waals surface area contributed by atoms with Gasteiger partial charge in [0.2, 0.25) is 0 Å². The van der Waals surface area contributed by atoms with E-state index in [1.165, 1.54) is 12.1 Å². The molecule has 2 unspecified atom stereocenters. The zero-order valence-corrected chi connectivity index (χ0v) is 9.75. The smallest absolute Gasteiger partial charge is 0.276 e. The maximum absolute atomic E-state index is 10.6. The van der Waals surface area contributed by atoms with Crippen molar-refractivity contribution in [1.29, 1.82) is 0 Å². The van der Waals surface area contributed by atoms with Gasteiger partial charge in [0, 0.05) is 12.6 Å². The summed E-state index contributed by atoms with van der Waals surface area (Å²) in [5.41, 5.74) is 5.37. The predicted octanol–water partition coefficient (Wildman–Crippen LogP) is 1.00. The summed E-state index contributed by atoms with van der Waals surface area (Å²) in [6.07, 6.45) is 0. The van der Waals surface area contributed by atoms with E-state index in [-0.39, 0.29) is 30.1 Å². The molecule has 4 N–H and O–H groups in total.